The Morgan fingerprint density at radius 2 is 2.13 bits per heavy atom. The minimum absolute atomic E-state index is 0.0898. The number of alkyl carbamates (subject to hydrolysis) is 1. The van der Waals surface area contributed by atoms with Gasteiger partial charge in [-0.25, -0.2) is 4.79 Å². The molecule has 1 aromatic heterocycles. The molecule has 2 fully saturated rings. The number of carbonyl (C=O) groups is 1. The molecule has 0 spiro atoms. The van der Waals surface area contributed by atoms with Crippen molar-refractivity contribution in [2.45, 2.75) is 31.7 Å². The summed E-state index contributed by atoms with van der Waals surface area (Å²) in [5.41, 5.74) is 3.83. The lowest BCUT2D eigenvalue weighted by Crippen LogP contribution is -2.28. The van der Waals surface area contributed by atoms with E-state index >= 15 is 0 Å². The highest BCUT2D eigenvalue weighted by molar-refractivity contribution is 5.84. The number of benzene rings is 1. The summed E-state index contributed by atoms with van der Waals surface area (Å²) in [6, 6.07) is 6.62. The number of aromatic amines is 1. The molecule has 5 nitrogen and oxygen atoms in total. The Bertz CT molecular complexity index is 703. The molecule has 0 radical (unpaired) electrons. The molecule has 23 heavy (non-hydrogen) atoms. The number of nitrogens with zero attached hydrogens (tertiary/aromatic N) is 1. The number of amides is 1. The van der Waals surface area contributed by atoms with Crippen molar-refractivity contribution in [1.82, 2.24) is 15.2 Å². The largest absolute Gasteiger partial charge is 0.447 e. The molecule has 2 aliphatic heterocycles. The summed E-state index contributed by atoms with van der Waals surface area (Å²) in [5.74, 6) is 0. The monoisotopic (exact) mass is 313 g/mol. The molecule has 122 valence electrons. The second kappa shape index (κ2) is 6.24. The maximum atomic E-state index is 11.1. The third kappa shape index (κ3) is 3.20. The lowest BCUT2D eigenvalue weighted by molar-refractivity contribution is 0.177. The number of rotatable bonds is 5. The van der Waals surface area contributed by atoms with Crippen LogP contribution < -0.4 is 5.32 Å². The van der Waals surface area contributed by atoms with Gasteiger partial charge in [0.1, 0.15) is 6.61 Å². The average molecular weight is 313 g/mol. The van der Waals surface area contributed by atoms with Gasteiger partial charge >= 0.3 is 6.09 Å². The molecule has 0 aliphatic carbocycles. The molecule has 2 aromatic rings. The number of nitrogens with one attached hydrogen (secondary N) is 2. The minimum Gasteiger partial charge on any atom is -0.447 e. The summed E-state index contributed by atoms with van der Waals surface area (Å²) in [6.45, 7) is 4.10. The van der Waals surface area contributed by atoms with Gasteiger partial charge in [-0.15, -0.1) is 0 Å². The van der Waals surface area contributed by atoms with E-state index in [4.69, 9.17) is 4.74 Å². The maximum Gasteiger partial charge on any atom is 0.407 e. The Hall–Kier alpha value is -2.01. The molecule has 1 unspecified atom stereocenters. The Balaban J connectivity index is 1.47. The number of hydrogen-bond donors (Lipinski definition) is 2. The molecule has 2 saturated heterocycles. The number of likely N-dealkylation sites (tertiary alicyclic amines) is 1. The summed E-state index contributed by atoms with van der Waals surface area (Å²) >= 11 is 0. The molecule has 1 aromatic carbocycles. The van der Waals surface area contributed by atoms with Gasteiger partial charge in [-0.05, 0) is 62.0 Å². The standard InChI is InChI=1S/C18H23N3O2/c22-18-20-15(12-23-18)9-13-3-4-17-16(10-13)14(11-19-17)5-8-21-6-1-2-7-21/h3-4,10-11,15,19H,1-2,5-9,12H2,(H,20,22). The predicted molar refractivity (Wildman–Crippen MR) is 89.7 cm³/mol. The Morgan fingerprint density at radius 1 is 1.26 bits per heavy atom. The van der Waals surface area contributed by atoms with Crippen LogP contribution in [0.2, 0.25) is 0 Å². The molecule has 3 heterocycles. The number of cyclic esters (lactones) is 1. The van der Waals surface area contributed by atoms with Crippen LogP contribution in [0.3, 0.4) is 0 Å². The Labute approximate surface area is 136 Å². The van der Waals surface area contributed by atoms with E-state index < -0.39 is 0 Å². The zero-order valence-corrected chi connectivity index (χ0v) is 13.3. The van der Waals surface area contributed by atoms with Gasteiger partial charge in [0.05, 0.1) is 6.04 Å². The highest BCUT2D eigenvalue weighted by Gasteiger charge is 2.22. The van der Waals surface area contributed by atoms with Crippen molar-refractivity contribution in [3.63, 3.8) is 0 Å². The van der Waals surface area contributed by atoms with Crippen LogP contribution in [0, 0.1) is 0 Å². The second-order valence-corrected chi connectivity index (χ2v) is 6.64. The summed E-state index contributed by atoms with van der Waals surface area (Å²) in [6.07, 6.45) is 6.43. The summed E-state index contributed by atoms with van der Waals surface area (Å²) < 4.78 is 4.97. The van der Waals surface area contributed by atoms with Crippen LogP contribution in [0.25, 0.3) is 10.9 Å². The topological polar surface area (TPSA) is 57.4 Å². The molecule has 2 aliphatic rings. The van der Waals surface area contributed by atoms with E-state index in [1.807, 2.05) is 0 Å². The fraction of sp³-hybridized carbons (Fsp3) is 0.500. The zero-order chi connectivity index (χ0) is 15.6. The van der Waals surface area contributed by atoms with Gasteiger partial charge < -0.3 is 19.9 Å². The molecule has 4 rings (SSSR count). The molecular formula is C18H23N3O2. The summed E-state index contributed by atoms with van der Waals surface area (Å²) in [4.78, 5) is 17.1. The van der Waals surface area contributed by atoms with Crippen LogP contribution in [-0.2, 0) is 17.6 Å². The fourth-order valence-corrected chi connectivity index (χ4v) is 3.66. The lowest BCUT2D eigenvalue weighted by Gasteiger charge is -2.13. The first kappa shape index (κ1) is 14.6. The number of fused-ring (bicyclic) bond motifs is 1. The van der Waals surface area contributed by atoms with Crippen LogP contribution in [0.15, 0.2) is 24.4 Å². The maximum absolute atomic E-state index is 11.1. The van der Waals surface area contributed by atoms with E-state index in [0.717, 1.165) is 19.4 Å². The third-order valence-electron chi connectivity index (χ3n) is 4.95. The van der Waals surface area contributed by atoms with E-state index in [9.17, 15) is 4.79 Å². The van der Waals surface area contributed by atoms with Gasteiger partial charge in [0.15, 0.2) is 0 Å². The Morgan fingerprint density at radius 3 is 2.91 bits per heavy atom. The number of ether oxygens (including phenoxy) is 1. The van der Waals surface area contributed by atoms with Gasteiger partial charge in [0.25, 0.3) is 0 Å². The number of aromatic nitrogens is 1. The molecular weight excluding hydrogens is 290 g/mol. The molecule has 1 atom stereocenters. The number of H-pyrrole nitrogens is 1. The lowest BCUT2D eigenvalue weighted by atomic mass is 10.0. The van der Waals surface area contributed by atoms with E-state index in [1.165, 1.54) is 48.0 Å². The highest BCUT2D eigenvalue weighted by atomic mass is 16.6. The first-order valence-corrected chi connectivity index (χ1v) is 8.52. The number of carbonyl (C=O) groups excluding carboxylic acids is 1. The van der Waals surface area contributed by atoms with Crippen LogP contribution in [0.5, 0.6) is 0 Å². The van der Waals surface area contributed by atoms with Gasteiger partial charge in [-0.1, -0.05) is 6.07 Å². The first-order chi connectivity index (χ1) is 11.3. The van der Waals surface area contributed by atoms with Crippen molar-refractivity contribution in [2.75, 3.05) is 26.2 Å². The molecule has 0 bridgehead atoms. The normalized spacial score (nSPS) is 21.7. The van der Waals surface area contributed by atoms with Crippen LogP contribution in [-0.4, -0.2) is 48.3 Å². The van der Waals surface area contributed by atoms with Gasteiger partial charge in [0.2, 0.25) is 0 Å². The van der Waals surface area contributed by atoms with Crippen molar-refractivity contribution < 1.29 is 9.53 Å². The van der Waals surface area contributed by atoms with Crippen molar-refractivity contribution >= 4 is 17.0 Å². The van der Waals surface area contributed by atoms with Crippen LogP contribution >= 0.6 is 0 Å². The highest BCUT2D eigenvalue weighted by Crippen LogP contribution is 2.22. The number of hydrogen-bond acceptors (Lipinski definition) is 3. The van der Waals surface area contributed by atoms with Gasteiger partial charge in [-0.2, -0.15) is 0 Å². The summed E-state index contributed by atoms with van der Waals surface area (Å²) in [5, 5.41) is 4.16. The van der Waals surface area contributed by atoms with Gasteiger partial charge in [0, 0.05) is 23.6 Å². The van der Waals surface area contributed by atoms with E-state index in [-0.39, 0.29) is 12.1 Å². The van der Waals surface area contributed by atoms with Crippen LogP contribution in [0.4, 0.5) is 4.79 Å². The van der Waals surface area contributed by atoms with Crippen molar-refractivity contribution in [2.24, 2.45) is 0 Å². The summed E-state index contributed by atoms with van der Waals surface area (Å²) in [7, 11) is 0. The van der Waals surface area contributed by atoms with Crippen molar-refractivity contribution in [3.05, 3.63) is 35.5 Å². The van der Waals surface area contributed by atoms with Crippen LogP contribution in [0.1, 0.15) is 24.0 Å². The molecule has 1 amide bonds. The second-order valence-electron chi connectivity index (χ2n) is 6.64. The van der Waals surface area contributed by atoms with E-state index in [2.05, 4.69) is 39.6 Å². The quantitative estimate of drug-likeness (QED) is 0.891. The molecule has 0 saturated carbocycles. The van der Waals surface area contributed by atoms with E-state index in [1.54, 1.807) is 0 Å². The smallest absolute Gasteiger partial charge is 0.407 e. The van der Waals surface area contributed by atoms with E-state index in [0.29, 0.717) is 6.61 Å². The predicted octanol–water partition coefficient (Wildman–Crippen LogP) is 2.46. The molecule has 5 heteroatoms. The van der Waals surface area contributed by atoms with Crippen molar-refractivity contribution in [3.8, 4) is 0 Å². The zero-order valence-electron chi connectivity index (χ0n) is 13.3. The minimum atomic E-state index is -0.302. The molecule has 2 N–H and O–H groups in total. The first-order valence-electron chi connectivity index (χ1n) is 8.52. The SMILES string of the molecule is O=C1NC(Cc2ccc3[nH]cc(CCN4CCCC4)c3c2)CO1. The average Bonchev–Trinajstić information content (AvgIpc) is 3.27. The Kier molecular flexibility index (Phi) is 3.95. The third-order valence-corrected chi connectivity index (χ3v) is 4.95. The van der Waals surface area contributed by atoms with Crippen molar-refractivity contribution in [1.29, 1.82) is 0 Å². The fourth-order valence-electron chi connectivity index (χ4n) is 3.66. The van der Waals surface area contributed by atoms with Gasteiger partial charge in [-0.3, -0.25) is 0 Å².